The van der Waals surface area contributed by atoms with E-state index >= 15 is 0 Å². The third-order valence-corrected chi connectivity index (χ3v) is 7.81. The minimum atomic E-state index is 0.140. The molecule has 0 bridgehead atoms. The molecule has 1 saturated carbocycles. The normalized spacial score (nSPS) is 23.0. The molecule has 2 saturated heterocycles. The number of hydrogen-bond donors (Lipinski definition) is 1. The van der Waals surface area contributed by atoms with Crippen molar-refractivity contribution < 1.29 is 14.3 Å². The van der Waals surface area contributed by atoms with Crippen molar-refractivity contribution >= 4 is 11.6 Å². The number of nitrogens with zero attached hydrogens (tertiary/aromatic N) is 2. The molecule has 188 valence electrons. The number of nitrogens with one attached hydrogen (secondary N) is 1. The van der Waals surface area contributed by atoms with Crippen molar-refractivity contribution in [3.05, 3.63) is 54.1 Å². The first-order chi connectivity index (χ1) is 17.2. The van der Waals surface area contributed by atoms with Crippen LogP contribution in [0.5, 0.6) is 11.5 Å². The fourth-order valence-electron chi connectivity index (χ4n) is 5.88. The number of carbonyl (C=O) groups excluding carboxylic acids is 1. The molecule has 6 nitrogen and oxygen atoms in total. The zero-order valence-electron chi connectivity index (χ0n) is 21.0. The third kappa shape index (κ3) is 5.92. The van der Waals surface area contributed by atoms with Gasteiger partial charge in [0, 0.05) is 43.9 Å². The van der Waals surface area contributed by atoms with Crippen LogP contribution in [-0.4, -0.2) is 62.3 Å². The molecule has 0 spiro atoms. The fraction of sp³-hybridized carbons (Fsp3) is 0.552. The highest BCUT2D eigenvalue weighted by atomic mass is 16.5. The minimum absolute atomic E-state index is 0.140. The number of amides is 1. The predicted octanol–water partition coefficient (Wildman–Crippen LogP) is 4.42. The van der Waals surface area contributed by atoms with Crippen molar-refractivity contribution in [1.82, 2.24) is 10.2 Å². The van der Waals surface area contributed by atoms with Crippen molar-refractivity contribution in [3.63, 3.8) is 0 Å². The number of methoxy groups -OCH3 is 1. The van der Waals surface area contributed by atoms with Gasteiger partial charge in [0.15, 0.2) is 11.5 Å². The lowest BCUT2D eigenvalue weighted by atomic mass is 10.00. The summed E-state index contributed by atoms with van der Waals surface area (Å²) in [5, 5.41) is 3.49. The van der Waals surface area contributed by atoms with E-state index in [1.165, 1.54) is 24.8 Å². The Balaban J connectivity index is 1.33. The molecule has 2 unspecified atom stereocenters. The van der Waals surface area contributed by atoms with Crippen molar-refractivity contribution in [1.29, 1.82) is 0 Å². The number of carbonyl (C=O) groups is 1. The summed E-state index contributed by atoms with van der Waals surface area (Å²) < 4.78 is 12.0. The van der Waals surface area contributed by atoms with Crippen LogP contribution in [0.3, 0.4) is 0 Å². The van der Waals surface area contributed by atoms with Gasteiger partial charge in [-0.1, -0.05) is 30.3 Å². The van der Waals surface area contributed by atoms with Gasteiger partial charge in [0.1, 0.15) is 0 Å². The molecule has 1 N–H and O–H groups in total. The van der Waals surface area contributed by atoms with Gasteiger partial charge in [-0.05, 0) is 69.2 Å². The highest BCUT2D eigenvalue weighted by Gasteiger charge is 2.32. The Morgan fingerprint density at radius 1 is 1.00 bits per heavy atom. The number of rotatable bonds is 8. The second kappa shape index (κ2) is 11.3. The highest BCUT2D eigenvalue weighted by Crippen LogP contribution is 2.36. The molecule has 2 aromatic carbocycles. The van der Waals surface area contributed by atoms with Crippen molar-refractivity contribution in [2.75, 3.05) is 38.2 Å². The molecule has 1 amide bonds. The first-order valence-corrected chi connectivity index (χ1v) is 13.4. The largest absolute Gasteiger partial charge is 0.493 e. The highest BCUT2D eigenvalue weighted by molar-refractivity contribution is 5.78. The lowest BCUT2D eigenvalue weighted by molar-refractivity contribution is -0.134. The molecule has 35 heavy (non-hydrogen) atoms. The van der Waals surface area contributed by atoms with Crippen LogP contribution in [0.15, 0.2) is 48.5 Å². The first-order valence-electron chi connectivity index (χ1n) is 13.4. The average molecular weight is 478 g/mol. The Morgan fingerprint density at radius 2 is 1.83 bits per heavy atom. The summed E-state index contributed by atoms with van der Waals surface area (Å²) in [6.07, 6.45) is 8.72. The summed E-state index contributed by atoms with van der Waals surface area (Å²) in [5.74, 6) is 1.91. The van der Waals surface area contributed by atoms with Crippen molar-refractivity contribution in [3.8, 4) is 11.5 Å². The van der Waals surface area contributed by atoms with E-state index in [4.69, 9.17) is 9.47 Å². The van der Waals surface area contributed by atoms with Gasteiger partial charge < -0.3 is 24.6 Å². The molecular weight excluding hydrogens is 438 g/mol. The van der Waals surface area contributed by atoms with E-state index in [-0.39, 0.29) is 18.1 Å². The Bertz CT molecular complexity index is 970. The van der Waals surface area contributed by atoms with E-state index in [1.54, 1.807) is 7.11 Å². The van der Waals surface area contributed by atoms with Gasteiger partial charge in [-0.2, -0.15) is 0 Å². The van der Waals surface area contributed by atoms with Crippen LogP contribution in [-0.2, 0) is 11.2 Å². The standard InChI is InChI=1S/C29H39N3O3/c1-34-27-14-13-24(20-28(27)35-26-11-5-6-12-26)31-16-17-32(29(33)19-23-10-7-15-30-23)25(21-31)18-22-8-3-2-4-9-22/h2-4,8-9,13-14,20,23,25-26,30H,5-7,10-12,15-19,21H2,1H3. The molecule has 0 radical (unpaired) electrons. The molecule has 2 aliphatic heterocycles. The van der Waals surface area contributed by atoms with Crippen LogP contribution in [0.2, 0.25) is 0 Å². The monoisotopic (exact) mass is 477 g/mol. The van der Waals surface area contributed by atoms with E-state index in [1.807, 2.05) is 6.07 Å². The van der Waals surface area contributed by atoms with Crippen LogP contribution in [0.4, 0.5) is 5.69 Å². The fourth-order valence-corrected chi connectivity index (χ4v) is 5.88. The number of ether oxygens (including phenoxy) is 2. The molecule has 3 fully saturated rings. The van der Waals surface area contributed by atoms with Crippen LogP contribution >= 0.6 is 0 Å². The van der Waals surface area contributed by atoms with Gasteiger partial charge in [0.2, 0.25) is 5.91 Å². The molecule has 0 aromatic heterocycles. The summed E-state index contributed by atoms with van der Waals surface area (Å²) in [7, 11) is 1.70. The van der Waals surface area contributed by atoms with Gasteiger partial charge in [-0.15, -0.1) is 0 Å². The maximum Gasteiger partial charge on any atom is 0.224 e. The topological polar surface area (TPSA) is 54.0 Å². The molecule has 2 atom stereocenters. The van der Waals surface area contributed by atoms with Gasteiger partial charge in [-0.25, -0.2) is 0 Å². The van der Waals surface area contributed by atoms with Crippen LogP contribution in [0, 0.1) is 0 Å². The van der Waals surface area contributed by atoms with Crippen LogP contribution in [0.25, 0.3) is 0 Å². The molecule has 3 aliphatic rings. The van der Waals surface area contributed by atoms with Crippen molar-refractivity contribution in [2.45, 2.75) is 69.6 Å². The van der Waals surface area contributed by atoms with E-state index in [9.17, 15) is 4.79 Å². The molecule has 1 aliphatic carbocycles. The summed E-state index contributed by atoms with van der Waals surface area (Å²) >= 11 is 0. The second-order valence-electron chi connectivity index (χ2n) is 10.2. The maximum absolute atomic E-state index is 13.4. The number of hydrogen-bond acceptors (Lipinski definition) is 5. The predicted molar refractivity (Wildman–Crippen MR) is 139 cm³/mol. The minimum Gasteiger partial charge on any atom is -0.493 e. The zero-order valence-corrected chi connectivity index (χ0v) is 21.0. The van der Waals surface area contributed by atoms with E-state index in [0.29, 0.717) is 12.5 Å². The Morgan fingerprint density at radius 3 is 2.57 bits per heavy atom. The second-order valence-corrected chi connectivity index (χ2v) is 10.2. The van der Waals surface area contributed by atoms with E-state index in [0.717, 1.165) is 69.0 Å². The van der Waals surface area contributed by atoms with Gasteiger partial charge >= 0.3 is 0 Å². The average Bonchev–Trinajstić information content (AvgIpc) is 3.59. The Hall–Kier alpha value is -2.73. The number of piperazine rings is 1. The molecule has 6 heteroatoms. The van der Waals surface area contributed by atoms with Crippen LogP contribution < -0.4 is 19.7 Å². The van der Waals surface area contributed by atoms with Gasteiger partial charge in [-0.3, -0.25) is 4.79 Å². The number of anilines is 1. The van der Waals surface area contributed by atoms with E-state index in [2.05, 4.69) is 57.6 Å². The summed E-state index contributed by atoms with van der Waals surface area (Å²) in [4.78, 5) is 17.9. The Kier molecular flexibility index (Phi) is 7.77. The maximum atomic E-state index is 13.4. The SMILES string of the molecule is COc1ccc(N2CCN(C(=O)CC3CCCN3)C(Cc3ccccc3)C2)cc1OC1CCCC1. The van der Waals surface area contributed by atoms with Gasteiger partial charge in [0.05, 0.1) is 19.3 Å². The summed E-state index contributed by atoms with van der Waals surface area (Å²) in [6, 6.07) is 17.3. The van der Waals surface area contributed by atoms with E-state index < -0.39 is 0 Å². The lowest BCUT2D eigenvalue weighted by Crippen LogP contribution is -2.56. The Labute approximate surface area is 209 Å². The number of benzene rings is 2. The molecule has 2 aromatic rings. The summed E-state index contributed by atoms with van der Waals surface area (Å²) in [6.45, 7) is 3.41. The summed E-state index contributed by atoms with van der Waals surface area (Å²) in [5.41, 5.74) is 2.41. The molecule has 5 rings (SSSR count). The lowest BCUT2D eigenvalue weighted by Gasteiger charge is -2.43. The molecular formula is C29H39N3O3. The quantitative estimate of drug-likeness (QED) is 0.610. The van der Waals surface area contributed by atoms with Crippen LogP contribution in [0.1, 0.15) is 50.5 Å². The smallest absolute Gasteiger partial charge is 0.224 e. The van der Waals surface area contributed by atoms with Gasteiger partial charge in [0.25, 0.3) is 0 Å². The van der Waals surface area contributed by atoms with Crippen molar-refractivity contribution in [2.24, 2.45) is 0 Å². The first kappa shape index (κ1) is 24.0. The zero-order chi connectivity index (χ0) is 24.0. The molecule has 2 heterocycles. The third-order valence-electron chi connectivity index (χ3n) is 7.81.